The van der Waals surface area contributed by atoms with Crippen LogP contribution in [0.1, 0.15) is 12.5 Å². The van der Waals surface area contributed by atoms with Crippen LogP contribution in [0.15, 0.2) is 42.0 Å². The Kier molecular flexibility index (Phi) is 3.51. The molecule has 0 atom stereocenters. The Balaban J connectivity index is 2.85. The van der Waals surface area contributed by atoms with Gasteiger partial charge in [0, 0.05) is 11.6 Å². The Hall–Kier alpha value is -2.01. The average molecular weight is 185 g/mol. The highest BCUT2D eigenvalue weighted by Crippen LogP contribution is 2.17. The van der Waals surface area contributed by atoms with E-state index >= 15 is 0 Å². The molecule has 0 heterocycles. The van der Waals surface area contributed by atoms with Crippen molar-refractivity contribution in [2.24, 2.45) is 0 Å². The number of para-hydroxylation sites is 1. The predicted molar refractivity (Wildman–Crippen MR) is 56.5 cm³/mol. The summed E-state index contributed by atoms with van der Waals surface area (Å²) in [7, 11) is 0. The highest BCUT2D eigenvalue weighted by Gasteiger charge is 1.92. The molecule has 0 bridgehead atoms. The molecule has 2 nitrogen and oxygen atoms in total. The fourth-order valence-corrected chi connectivity index (χ4v) is 1.000. The lowest BCUT2D eigenvalue weighted by Gasteiger charge is -1.96. The van der Waals surface area contributed by atoms with Crippen LogP contribution in [0.4, 0.5) is 0 Å². The number of hydrogen-bond donors (Lipinski definition) is 1. The molecule has 0 spiro atoms. The van der Waals surface area contributed by atoms with Gasteiger partial charge in [0.2, 0.25) is 0 Å². The average Bonchev–Trinajstić information content (AvgIpc) is 2.17. The zero-order chi connectivity index (χ0) is 10.4. The van der Waals surface area contributed by atoms with Gasteiger partial charge in [-0.25, -0.2) is 0 Å². The van der Waals surface area contributed by atoms with E-state index in [1.165, 1.54) is 6.08 Å². The molecule has 0 unspecified atom stereocenters. The van der Waals surface area contributed by atoms with Gasteiger partial charge in [-0.15, -0.1) is 0 Å². The highest BCUT2D eigenvalue weighted by molar-refractivity contribution is 5.58. The number of nitriles is 1. The first-order valence-corrected chi connectivity index (χ1v) is 4.26. The van der Waals surface area contributed by atoms with Gasteiger partial charge < -0.3 is 5.11 Å². The number of allylic oxidation sites excluding steroid dienone is 3. The van der Waals surface area contributed by atoms with E-state index in [1.807, 2.05) is 25.1 Å². The van der Waals surface area contributed by atoms with Gasteiger partial charge in [-0.3, -0.25) is 0 Å². The van der Waals surface area contributed by atoms with E-state index in [-0.39, 0.29) is 5.75 Å². The van der Waals surface area contributed by atoms with Crippen LogP contribution in [0.25, 0.3) is 6.08 Å². The third-order valence-corrected chi connectivity index (χ3v) is 1.75. The SMILES string of the molecule is CC(/C=C/c1ccccc1O)=C\C#N. The minimum atomic E-state index is 0.244. The van der Waals surface area contributed by atoms with Gasteiger partial charge >= 0.3 is 0 Å². The van der Waals surface area contributed by atoms with Gasteiger partial charge in [0.15, 0.2) is 0 Å². The van der Waals surface area contributed by atoms with Gasteiger partial charge in [0.05, 0.1) is 6.07 Å². The van der Waals surface area contributed by atoms with Gasteiger partial charge in [0.1, 0.15) is 5.75 Å². The van der Waals surface area contributed by atoms with E-state index < -0.39 is 0 Å². The molecule has 0 aromatic heterocycles. The van der Waals surface area contributed by atoms with Crippen LogP contribution in [0, 0.1) is 11.3 Å². The first-order chi connectivity index (χ1) is 6.74. The largest absolute Gasteiger partial charge is 0.507 e. The first-order valence-electron chi connectivity index (χ1n) is 4.26. The van der Waals surface area contributed by atoms with Crippen molar-refractivity contribution < 1.29 is 5.11 Å². The topological polar surface area (TPSA) is 44.0 Å². The smallest absolute Gasteiger partial charge is 0.122 e. The molecule has 0 aliphatic rings. The molecule has 1 rings (SSSR count). The number of nitrogens with zero attached hydrogens (tertiary/aromatic N) is 1. The maximum absolute atomic E-state index is 9.42. The lowest BCUT2D eigenvalue weighted by molar-refractivity contribution is 0.474. The predicted octanol–water partition coefficient (Wildman–Crippen LogP) is 2.88. The van der Waals surface area contributed by atoms with E-state index in [1.54, 1.807) is 24.3 Å². The summed E-state index contributed by atoms with van der Waals surface area (Å²) in [4.78, 5) is 0. The van der Waals surface area contributed by atoms with Crippen LogP contribution >= 0.6 is 0 Å². The lowest BCUT2D eigenvalue weighted by Crippen LogP contribution is -1.73. The third-order valence-electron chi connectivity index (χ3n) is 1.75. The summed E-state index contributed by atoms with van der Waals surface area (Å²) in [5.74, 6) is 0.244. The van der Waals surface area contributed by atoms with E-state index in [0.29, 0.717) is 0 Å². The standard InChI is InChI=1S/C12H11NO/c1-10(8-9-13)6-7-11-4-2-3-5-12(11)14/h2-8,14H,1H3/b7-6+,10-8+. The molecule has 0 saturated heterocycles. The molecule has 2 heteroatoms. The molecule has 1 N–H and O–H groups in total. The normalized spacial score (nSPS) is 11.6. The summed E-state index contributed by atoms with van der Waals surface area (Å²) in [6.45, 7) is 1.83. The maximum Gasteiger partial charge on any atom is 0.122 e. The molecule has 0 radical (unpaired) electrons. The third kappa shape index (κ3) is 2.80. The minimum absolute atomic E-state index is 0.244. The molecule has 14 heavy (non-hydrogen) atoms. The van der Waals surface area contributed by atoms with E-state index in [2.05, 4.69) is 0 Å². The number of hydrogen-bond acceptors (Lipinski definition) is 2. The van der Waals surface area contributed by atoms with Gasteiger partial charge in [-0.2, -0.15) is 5.26 Å². The summed E-state index contributed by atoms with van der Waals surface area (Å²) in [6.07, 6.45) is 5.02. The number of benzene rings is 1. The van der Waals surface area contributed by atoms with Crippen LogP contribution in [0.5, 0.6) is 5.75 Å². The Labute approximate surface area is 83.4 Å². The van der Waals surface area contributed by atoms with Crippen LogP contribution in [-0.2, 0) is 0 Å². The second kappa shape index (κ2) is 4.88. The molecule has 0 saturated carbocycles. The molecular weight excluding hydrogens is 174 g/mol. The molecule has 0 fully saturated rings. The number of phenols is 1. The van der Waals surface area contributed by atoms with Crippen molar-refractivity contribution in [3.63, 3.8) is 0 Å². The molecule has 1 aromatic carbocycles. The Morgan fingerprint density at radius 1 is 1.43 bits per heavy atom. The monoisotopic (exact) mass is 185 g/mol. The first kappa shape index (κ1) is 10.1. The van der Waals surface area contributed by atoms with E-state index in [0.717, 1.165) is 11.1 Å². The second-order valence-electron chi connectivity index (χ2n) is 2.91. The Morgan fingerprint density at radius 3 is 2.79 bits per heavy atom. The van der Waals surface area contributed by atoms with Crippen LogP contribution in [0.3, 0.4) is 0 Å². The number of phenolic OH excluding ortho intramolecular Hbond substituents is 1. The van der Waals surface area contributed by atoms with Crippen molar-refractivity contribution in [1.82, 2.24) is 0 Å². The molecule has 0 aliphatic heterocycles. The summed E-state index contributed by atoms with van der Waals surface area (Å²) in [5, 5.41) is 17.8. The zero-order valence-electron chi connectivity index (χ0n) is 7.94. The van der Waals surface area contributed by atoms with Gasteiger partial charge in [0.25, 0.3) is 0 Å². The zero-order valence-corrected chi connectivity index (χ0v) is 7.94. The summed E-state index contributed by atoms with van der Waals surface area (Å²) >= 11 is 0. The van der Waals surface area contributed by atoms with E-state index in [4.69, 9.17) is 5.26 Å². The maximum atomic E-state index is 9.42. The summed E-state index contributed by atoms with van der Waals surface area (Å²) in [6, 6.07) is 9.00. The lowest BCUT2D eigenvalue weighted by atomic mass is 10.1. The molecular formula is C12H11NO. The number of rotatable bonds is 2. The Morgan fingerprint density at radius 2 is 2.14 bits per heavy atom. The summed E-state index contributed by atoms with van der Waals surface area (Å²) < 4.78 is 0. The van der Waals surface area contributed by atoms with Crippen LogP contribution < -0.4 is 0 Å². The molecule has 70 valence electrons. The summed E-state index contributed by atoms with van der Waals surface area (Å²) in [5.41, 5.74) is 1.61. The van der Waals surface area contributed by atoms with Crippen molar-refractivity contribution in [2.45, 2.75) is 6.92 Å². The van der Waals surface area contributed by atoms with Crippen molar-refractivity contribution in [3.05, 3.63) is 47.6 Å². The van der Waals surface area contributed by atoms with Crippen molar-refractivity contribution in [3.8, 4) is 11.8 Å². The van der Waals surface area contributed by atoms with Crippen molar-refractivity contribution >= 4 is 6.08 Å². The Bertz CT molecular complexity index is 411. The van der Waals surface area contributed by atoms with Crippen molar-refractivity contribution in [1.29, 1.82) is 5.26 Å². The fourth-order valence-electron chi connectivity index (χ4n) is 1.000. The molecule has 1 aromatic rings. The van der Waals surface area contributed by atoms with Crippen molar-refractivity contribution in [2.75, 3.05) is 0 Å². The molecule has 0 amide bonds. The van der Waals surface area contributed by atoms with E-state index in [9.17, 15) is 5.11 Å². The fraction of sp³-hybridized carbons (Fsp3) is 0.0833. The number of aromatic hydroxyl groups is 1. The second-order valence-corrected chi connectivity index (χ2v) is 2.91. The quantitative estimate of drug-likeness (QED) is 0.568. The highest BCUT2D eigenvalue weighted by atomic mass is 16.3. The molecule has 0 aliphatic carbocycles. The van der Waals surface area contributed by atoms with Crippen LogP contribution in [-0.4, -0.2) is 5.11 Å². The van der Waals surface area contributed by atoms with Gasteiger partial charge in [-0.05, 0) is 18.6 Å². The minimum Gasteiger partial charge on any atom is -0.507 e. The van der Waals surface area contributed by atoms with Gasteiger partial charge in [-0.1, -0.05) is 30.4 Å². The van der Waals surface area contributed by atoms with Crippen LogP contribution in [0.2, 0.25) is 0 Å².